The minimum Gasteiger partial charge on any atom is -0.468 e. The standard InChI is InChI=1S/C13H11NO6S/c15-13(9-21(18)8-10-4-3-7-19-10)20-12-6-2-1-5-11(12)14(16)17/h1-7H,8-9H2. The van der Waals surface area contributed by atoms with E-state index in [2.05, 4.69) is 0 Å². The summed E-state index contributed by atoms with van der Waals surface area (Å²) in [6.45, 7) is 0. The van der Waals surface area contributed by atoms with Crippen LogP contribution in [0.25, 0.3) is 0 Å². The molecule has 0 N–H and O–H groups in total. The molecule has 0 saturated heterocycles. The van der Waals surface area contributed by atoms with Crippen LogP contribution in [-0.4, -0.2) is 20.9 Å². The van der Waals surface area contributed by atoms with Gasteiger partial charge in [0.1, 0.15) is 11.5 Å². The Kier molecular flexibility index (Phi) is 4.83. The molecule has 0 spiro atoms. The van der Waals surface area contributed by atoms with Gasteiger partial charge in [0.15, 0.2) is 0 Å². The van der Waals surface area contributed by atoms with E-state index in [9.17, 15) is 19.1 Å². The molecule has 0 aliphatic rings. The van der Waals surface area contributed by atoms with Gasteiger partial charge in [-0.2, -0.15) is 0 Å². The van der Waals surface area contributed by atoms with Crippen LogP contribution in [0.15, 0.2) is 47.1 Å². The first-order valence-corrected chi connectivity index (χ1v) is 7.36. The molecule has 0 aliphatic heterocycles. The summed E-state index contributed by atoms with van der Waals surface area (Å²) in [5.41, 5.74) is -0.317. The zero-order valence-electron chi connectivity index (χ0n) is 10.8. The molecule has 0 bridgehead atoms. The number of hydrogen-bond donors (Lipinski definition) is 0. The third kappa shape index (κ3) is 4.25. The molecule has 110 valence electrons. The fraction of sp³-hybridized carbons (Fsp3) is 0.154. The van der Waals surface area contributed by atoms with E-state index in [1.807, 2.05) is 0 Å². The Morgan fingerprint density at radius 2 is 2.05 bits per heavy atom. The second kappa shape index (κ2) is 6.80. The summed E-state index contributed by atoms with van der Waals surface area (Å²) in [4.78, 5) is 21.8. The van der Waals surface area contributed by atoms with Gasteiger partial charge in [0, 0.05) is 16.9 Å². The molecule has 2 rings (SSSR count). The molecule has 0 amide bonds. The van der Waals surface area contributed by atoms with Crippen LogP contribution < -0.4 is 4.74 Å². The van der Waals surface area contributed by atoms with E-state index in [0.29, 0.717) is 5.76 Å². The minimum absolute atomic E-state index is 0.0823. The largest absolute Gasteiger partial charge is 0.468 e. The van der Waals surface area contributed by atoms with E-state index in [0.717, 1.165) is 0 Å². The summed E-state index contributed by atoms with van der Waals surface area (Å²) < 4.78 is 21.7. The van der Waals surface area contributed by atoms with Crippen molar-refractivity contribution in [1.82, 2.24) is 0 Å². The van der Waals surface area contributed by atoms with Gasteiger partial charge in [0.2, 0.25) is 5.75 Å². The molecule has 0 aliphatic carbocycles. The molecular formula is C13H11NO6S. The lowest BCUT2D eigenvalue weighted by atomic mass is 10.3. The van der Waals surface area contributed by atoms with Crippen molar-refractivity contribution < 1.29 is 23.1 Å². The Balaban J connectivity index is 1.96. The van der Waals surface area contributed by atoms with Gasteiger partial charge in [-0.1, -0.05) is 12.1 Å². The van der Waals surface area contributed by atoms with Gasteiger partial charge in [-0.3, -0.25) is 19.1 Å². The highest BCUT2D eigenvalue weighted by Crippen LogP contribution is 2.25. The number of carbonyl (C=O) groups excluding carboxylic acids is 1. The van der Waals surface area contributed by atoms with Gasteiger partial charge >= 0.3 is 11.7 Å². The van der Waals surface area contributed by atoms with Gasteiger partial charge < -0.3 is 9.15 Å². The van der Waals surface area contributed by atoms with Crippen molar-refractivity contribution in [2.45, 2.75) is 5.75 Å². The zero-order valence-corrected chi connectivity index (χ0v) is 11.6. The van der Waals surface area contributed by atoms with E-state index in [4.69, 9.17) is 9.15 Å². The van der Waals surface area contributed by atoms with Crippen molar-refractivity contribution in [3.05, 3.63) is 58.5 Å². The molecule has 0 fully saturated rings. The van der Waals surface area contributed by atoms with Crippen LogP contribution in [0.1, 0.15) is 5.76 Å². The number of nitrogens with zero attached hydrogens (tertiary/aromatic N) is 1. The third-order valence-corrected chi connectivity index (χ3v) is 3.61. The first-order valence-electron chi connectivity index (χ1n) is 5.87. The summed E-state index contributed by atoms with van der Waals surface area (Å²) in [7, 11) is -1.51. The Morgan fingerprint density at radius 1 is 1.29 bits per heavy atom. The summed E-state index contributed by atoms with van der Waals surface area (Å²) in [5, 5.41) is 10.8. The minimum atomic E-state index is -1.51. The molecular weight excluding hydrogens is 298 g/mol. The maximum absolute atomic E-state index is 11.7. The number of para-hydroxylation sites is 2. The zero-order chi connectivity index (χ0) is 15.2. The lowest BCUT2D eigenvalue weighted by Gasteiger charge is -2.04. The molecule has 2 aromatic rings. The number of rotatable bonds is 6. The number of esters is 1. The van der Waals surface area contributed by atoms with E-state index >= 15 is 0 Å². The molecule has 7 nitrogen and oxygen atoms in total. The Morgan fingerprint density at radius 3 is 2.71 bits per heavy atom. The number of benzene rings is 1. The fourth-order valence-corrected chi connectivity index (χ4v) is 2.49. The Labute approximate surface area is 122 Å². The van der Waals surface area contributed by atoms with Crippen LogP contribution in [0.4, 0.5) is 5.69 Å². The van der Waals surface area contributed by atoms with Crippen LogP contribution in [0, 0.1) is 10.1 Å². The molecule has 1 unspecified atom stereocenters. The van der Waals surface area contributed by atoms with Crippen LogP contribution in [-0.2, 0) is 21.3 Å². The smallest absolute Gasteiger partial charge is 0.324 e. The van der Waals surface area contributed by atoms with Gasteiger partial charge in [0.25, 0.3) is 0 Å². The van der Waals surface area contributed by atoms with Crippen molar-refractivity contribution >= 4 is 22.5 Å². The van der Waals surface area contributed by atoms with Gasteiger partial charge in [-0.05, 0) is 18.2 Å². The van der Waals surface area contributed by atoms with Crippen LogP contribution >= 0.6 is 0 Å². The van der Waals surface area contributed by atoms with Gasteiger partial charge in [-0.25, -0.2) is 0 Å². The fourth-order valence-electron chi connectivity index (χ4n) is 1.58. The second-order valence-electron chi connectivity index (χ2n) is 4.01. The highest BCUT2D eigenvalue weighted by molar-refractivity contribution is 7.84. The quantitative estimate of drug-likeness (QED) is 0.350. The second-order valence-corrected chi connectivity index (χ2v) is 5.46. The summed E-state index contributed by atoms with van der Waals surface area (Å²) >= 11 is 0. The van der Waals surface area contributed by atoms with Crippen LogP contribution in [0.2, 0.25) is 0 Å². The SMILES string of the molecule is O=C(CS(=O)Cc1ccco1)Oc1ccccc1[N+](=O)[O-]. The first-order chi connectivity index (χ1) is 10.1. The Hall–Kier alpha value is -2.48. The molecule has 0 saturated carbocycles. The summed E-state index contributed by atoms with van der Waals surface area (Å²) in [6, 6.07) is 8.80. The molecule has 1 atom stereocenters. The number of nitro groups is 1. The maximum Gasteiger partial charge on any atom is 0.324 e. The van der Waals surface area contributed by atoms with E-state index in [1.54, 1.807) is 12.1 Å². The highest BCUT2D eigenvalue weighted by Gasteiger charge is 2.18. The molecule has 8 heteroatoms. The molecule has 1 heterocycles. The van der Waals surface area contributed by atoms with Gasteiger partial charge in [-0.15, -0.1) is 0 Å². The third-order valence-electron chi connectivity index (χ3n) is 2.45. The molecule has 1 aromatic heterocycles. The van der Waals surface area contributed by atoms with Crippen LogP contribution in [0.5, 0.6) is 5.75 Å². The highest BCUT2D eigenvalue weighted by atomic mass is 32.2. The molecule has 21 heavy (non-hydrogen) atoms. The average Bonchev–Trinajstić information content (AvgIpc) is 2.91. The number of ether oxygens (including phenoxy) is 1. The monoisotopic (exact) mass is 309 g/mol. The predicted molar refractivity (Wildman–Crippen MR) is 74.2 cm³/mol. The van der Waals surface area contributed by atoms with Crippen molar-refractivity contribution in [2.75, 3.05) is 5.75 Å². The van der Waals surface area contributed by atoms with Crippen molar-refractivity contribution in [3.8, 4) is 5.75 Å². The van der Waals surface area contributed by atoms with Gasteiger partial charge in [0.05, 0.1) is 16.9 Å². The maximum atomic E-state index is 11.7. The van der Waals surface area contributed by atoms with E-state index in [-0.39, 0.29) is 22.9 Å². The van der Waals surface area contributed by atoms with Crippen molar-refractivity contribution in [1.29, 1.82) is 0 Å². The predicted octanol–water partition coefficient (Wildman–Crippen LogP) is 2.04. The van der Waals surface area contributed by atoms with E-state index < -0.39 is 21.7 Å². The Bertz CT molecular complexity index is 667. The normalized spacial score (nSPS) is 11.8. The molecule has 0 radical (unpaired) electrons. The number of hydrogen-bond acceptors (Lipinski definition) is 6. The summed E-state index contributed by atoms with van der Waals surface area (Å²) in [5.74, 6) is -0.755. The molecule has 1 aromatic carbocycles. The van der Waals surface area contributed by atoms with Crippen LogP contribution in [0.3, 0.4) is 0 Å². The topological polar surface area (TPSA) is 99.7 Å². The first kappa shape index (κ1) is 14.9. The van der Waals surface area contributed by atoms with Crippen molar-refractivity contribution in [3.63, 3.8) is 0 Å². The van der Waals surface area contributed by atoms with E-state index in [1.165, 1.54) is 30.5 Å². The number of furan rings is 1. The van der Waals surface area contributed by atoms with Crippen molar-refractivity contribution in [2.24, 2.45) is 0 Å². The average molecular weight is 309 g/mol. The number of nitro benzene ring substituents is 1. The summed E-state index contributed by atoms with van der Waals surface area (Å²) in [6.07, 6.45) is 1.44. The number of carbonyl (C=O) groups is 1. The lowest BCUT2D eigenvalue weighted by molar-refractivity contribution is -0.385. The lowest BCUT2D eigenvalue weighted by Crippen LogP contribution is -2.18.